The van der Waals surface area contributed by atoms with Crippen LogP contribution in [0.25, 0.3) is 0 Å². The third-order valence-electron chi connectivity index (χ3n) is 3.03. The monoisotopic (exact) mass is 290 g/mol. The van der Waals surface area contributed by atoms with Gasteiger partial charge in [-0.05, 0) is 18.9 Å². The molecule has 100 valence electrons. The van der Waals surface area contributed by atoms with Crippen LogP contribution in [0, 0.1) is 0 Å². The quantitative estimate of drug-likeness (QED) is 0.840. The van der Waals surface area contributed by atoms with E-state index in [1.807, 2.05) is 0 Å². The maximum absolute atomic E-state index is 12.5. The molecule has 2 rings (SSSR count). The number of halogens is 1. The maximum atomic E-state index is 12.5. The highest BCUT2D eigenvalue weighted by molar-refractivity contribution is 7.89. The van der Waals surface area contributed by atoms with Crippen LogP contribution < -0.4 is 11.5 Å². The molecule has 1 aromatic rings. The van der Waals surface area contributed by atoms with Crippen molar-refractivity contribution in [3.05, 3.63) is 17.3 Å². The fraction of sp³-hybridized carbons (Fsp3) is 0.500. The highest BCUT2D eigenvalue weighted by atomic mass is 35.5. The van der Waals surface area contributed by atoms with Crippen molar-refractivity contribution in [2.75, 3.05) is 18.8 Å². The molecule has 1 aliphatic heterocycles. The van der Waals surface area contributed by atoms with Crippen molar-refractivity contribution in [2.45, 2.75) is 23.8 Å². The maximum Gasteiger partial charge on any atom is 0.247 e. The fourth-order valence-electron chi connectivity index (χ4n) is 2.13. The molecule has 0 bridgehead atoms. The van der Waals surface area contributed by atoms with Crippen LogP contribution in [0.15, 0.2) is 17.2 Å². The number of hydrogen-bond acceptors (Lipinski definition) is 5. The van der Waals surface area contributed by atoms with Crippen LogP contribution in [-0.4, -0.2) is 36.8 Å². The Balaban J connectivity index is 2.45. The van der Waals surface area contributed by atoms with E-state index in [9.17, 15) is 8.42 Å². The molecular weight excluding hydrogens is 276 g/mol. The fourth-order valence-corrected chi connectivity index (χ4v) is 4.15. The lowest BCUT2D eigenvalue weighted by Gasteiger charge is -2.23. The molecule has 1 fully saturated rings. The van der Waals surface area contributed by atoms with Crippen molar-refractivity contribution >= 4 is 27.4 Å². The molecule has 4 N–H and O–H groups in total. The summed E-state index contributed by atoms with van der Waals surface area (Å²) in [5.41, 5.74) is 11.2. The van der Waals surface area contributed by atoms with Crippen LogP contribution in [0.2, 0.25) is 5.02 Å². The molecule has 0 aromatic carbocycles. The van der Waals surface area contributed by atoms with Gasteiger partial charge in [0.05, 0.1) is 5.02 Å². The van der Waals surface area contributed by atoms with Gasteiger partial charge in [0.25, 0.3) is 0 Å². The van der Waals surface area contributed by atoms with Crippen molar-refractivity contribution in [1.82, 2.24) is 9.29 Å². The molecule has 8 heteroatoms. The van der Waals surface area contributed by atoms with Gasteiger partial charge in [-0.3, -0.25) is 0 Å². The number of nitrogens with two attached hydrogens (primary N) is 2. The number of sulfonamides is 1. The summed E-state index contributed by atoms with van der Waals surface area (Å²) in [6.07, 6.45) is 2.89. The smallest absolute Gasteiger partial charge is 0.247 e. The SMILES string of the molecule is NCC1CCCN1S(=O)(=O)c1cc(Cl)cnc1N. The summed E-state index contributed by atoms with van der Waals surface area (Å²) in [4.78, 5) is 3.73. The third-order valence-corrected chi connectivity index (χ3v) is 5.22. The molecule has 0 amide bonds. The van der Waals surface area contributed by atoms with Crippen molar-refractivity contribution < 1.29 is 8.42 Å². The number of nitrogen functional groups attached to an aromatic ring is 1. The number of nitrogens with zero attached hydrogens (tertiary/aromatic N) is 2. The van der Waals surface area contributed by atoms with Crippen molar-refractivity contribution in [1.29, 1.82) is 0 Å². The van der Waals surface area contributed by atoms with Gasteiger partial charge < -0.3 is 11.5 Å². The van der Waals surface area contributed by atoms with E-state index in [2.05, 4.69) is 4.98 Å². The summed E-state index contributed by atoms with van der Waals surface area (Å²) in [7, 11) is -3.67. The standard InChI is InChI=1S/C10H15ClN4O2S/c11-7-4-9(10(13)14-6-7)18(16,17)15-3-1-2-8(15)5-12/h4,6,8H,1-3,5,12H2,(H2,13,14). The summed E-state index contributed by atoms with van der Waals surface area (Å²) in [6.45, 7) is 0.753. The summed E-state index contributed by atoms with van der Waals surface area (Å²) < 4.78 is 26.3. The first-order chi connectivity index (χ1) is 8.46. The topological polar surface area (TPSA) is 102 Å². The van der Waals surface area contributed by atoms with E-state index in [4.69, 9.17) is 23.1 Å². The van der Waals surface area contributed by atoms with Gasteiger partial charge in [0.15, 0.2) is 0 Å². The minimum Gasteiger partial charge on any atom is -0.383 e. The zero-order chi connectivity index (χ0) is 13.3. The predicted molar refractivity (Wildman–Crippen MR) is 69.6 cm³/mol. The van der Waals surface area contributed by atoms with Crippen LogP contribution in [0.4, 0.5) is 5.82 Å². The van der Waals surface area contributed by atoms with Crippen LogP contribution in [0.1, 0.15) is 12.8 Å². The lowest BCUT2D eigenvalue weighted by atomic mass is 10.2. The number of anilines is 1. The summed E-state index contributed by atoms with van der Waals surface area (Å²) in [5.74, 6) is -0.0397. The zero-order valence-electron chi connectivity index (χ0n) is 9.71. The Labute approximate surface area is 111 Å². The number of aromatic nitrogens is 1. The lowest BCUT2D eigenvalue weighted by Crippen LogP contribution is -2.40. The molecule has 1 unspecified atom stereocenters. The molecule has 1 atom stereocenters. The van der Waals surface area contributed by atoms with E-state index in [1.54, 1.807) is 0 Å². The van der Waals surface area contributed by atoms with Gasteiger partial charge in [0.1, 0.15) is 10.7 Å². The van der Waals surface area contributed by atoms with Crippen molar-refractivity contribution in [3.63, 3.8) is 0 Å². The van der Waals surface area contributed by atoms with Gasteiger partial charge in [-0.2, -0.15) is 4.31 Å². The number of hydrogen-bond donors (Lipinski definition) is 2. The number of pyridine rings is 1. The van der Waals surface area contributed by atoms with E-state index in [0.29, 0.717) is 13.1 Å². The minimum atomic E-state index is -3.67. The van der Waals surface area contributed by atoms with E-state index in [0.717, 1.165) is 12.8 Å². The van der Waals surface area contributed by atoms with Crippen LogP contribution in [0.3, 0.4) is 0 Å². The van der Waals surface area contributed by atoms with Crippen LogP contribution >= 0.6 is 11.6 Å². The molecule has 6 nitrogen and oxygen atoms in total. The predicted octanol–water partition coefficient (Wildman–Crippen LogP) is 0.429. The first-order valence-corrected chi connectivity index (χ1v) is 7.41. The van der Waals surface area contributed by atoms with E-state index in [1.165, 1.54) is 16.6 Å². The molecule has 0 aliphatic carbocycles. The summed E-state index contributed by atoms with van der Waals surface area (Å²) in [6, 6.07) is 1.15. The number of rotatable bonds is 3. The largest absolute Gasteiger partial charge is 0.383 e. The lowest BCUT2D eigenvalue weighted by molar-refractivity contribution is 0.393. The highest BCUT2D eigenvalue weighted by Gasteiger charge is 2.35. The molecule has 0 saturated carbocycles. The van der Waals surface area contributed by atoms with Gasteiger partial charge in [-0.25, -0.2) is 13.4 Å². The van der Waals surface area contributed by atoms with E-state index >= 15 is 0 Å². The van der Waals surface area contributed by atoms with Gasteiger partial charge >= 0.3 is 0 Å². The highest BCUT2D eigenvalue weighted by Crippen LogP contribution is 2.29. The first kappa shape index (κ1) is 13.5. The van der Waals surface area contributed by atoms with Gasteiger partial charge in [-0.1, -0.05) is 11.6 Å². The van der Waals surface area contributed by atoms with Gasteiger partial charge in [-0.15, -0.1) is 0 Å². The van der Waals surface area contributed by atoms with E-state index in [-0.39, 0.29) is 21.8 Å². The van der Waals surface area contributed by atoms with Crippen molar-refractivity contribution in [2.24, 2.45) is 5.73 Å². The molecular formula is C10H15ClN4O2S. The van der Waals surface area contributed by atoms with Gasteiger partial charge in [0.2, 0.25) is 10.0 Å². The molecule has 1 saturated heterocycles. The zero-order valence-corrected chi connectivity index (χ0v) is 11.3. The Bertz CT molecular complexity index is 549. The molecule has 18 heavy (non-hydrogen) atoms. The Kier molecular flexibility index (Phi) is 3.76. The Morgan fingerprint density at radius 2 is 2.28 bits per heavy atom. The second-order valence-electron chi connectivity index (χ2n) is 4.18. The third kappa shape index (κ3) is 2.31. The van der Waals surface area contributed by atoms with Crippen molar-refractivity contribution in [3.8, 4) is 0 Å². The second-order valence-corrected chi connectivity index (χ2v) is 6.48. The first-order valence-electron chi connectivity index (χ1n) is 5.59. The second kappa shape index (κ2) is 5.00. The average molecular weight is 291 g/mol. The Morgan fingerprint density at radius 3 is 2.94 bits per heavy atom. The van der Waals surface area contributed by atoms with E-state index < -0.39 is 10.0 Å². The molecule has 0 spiro atoms. The molecule has 1 aliphatic rings. The summed E-state index contributed by atoms with van der Waals surface area (Å²) in [5, 5.41) is 0.242. The summed E-state index contributed by atoms with van der Waals surface area (Å²) >= 11 is 5.77. The average Bonchev–Trinajstić information content (AvgIpc) is 2.81. The minimum absolute atomic E-state index is 0.0397. The molecule has 0 radical (unpaired) electrons. The van der Waals surface area contributed by atoms with Gasteiger partial charge in [0, 0.05) is 25.3 Å². The molecule has 1 aromatic heterocycles. The molecule has 2 heterocycles. The van der Waals surface area contributed by atoms with Crippen LogP contribution in [0.5, 0.6) is 0 Å². The van der Waals surface area contributed by atoms with Crippen LogP contribution in [-0.2, 0) is 10.0 Å². The Hall–Kier alpha value is -0.890. The Morgan fingerprint density at radius 1 is 1.56 bits per heavy atom. The normalized spacial score (nSPS) is 21.3.